The average Bonchev–Trinajstić information content (AvgIpc) is 2.13. The molecule has 0 aliphatic rings. The van der Waals surface area contributed by atoms with Crippen LogP contribution in [0.3, 0.4) is 0 Å². The van der Waals surface area contributed by atoms with Gasteiger partial charge in [0.2, 0.25) is 0 Å². The second-order valence-corrected chi connectivity index (χ2v) is 7.30. The summed E-state index contributed by atoms with van der Waals surface area (Å²) in [5.74, 6) is 0. The van der Waals surface area contributed by atoms with Gasteiger partial charge in [0.25, 0.3) is 0 Å². The summed E-state index contributed by atoms with van der Waals surface area (Å²) in [7, 11) is -8.47. The van der Waals surface area contributed by atoms with Gasteiger partial charge in [-0.15, -0.1) is 23.2 Å². The van der Waals surface area contributed by atoms with Gasteiger partial charge in [-0.1, -0.05) is 13.8 Å². The molecule has 0 heterocycles. The molecule has 0 spiro atoms. The molecule has 0 aromatic heterocycles. The Balaban J connectivity index is -0.000000218. The summed E-state index contributed by atoms with van der Waals surface area (Å²) in [5.41, 5.74) is 0. The Bertz CT molecular complexity index is 343. The second kappa shape index (κ2) is 10.4. The Labute approximate surface area is 142 Å². The molecule has 17 heavy (non-hydrogen) atoms. The second-order valence-electron chi connectivity index (χ2n) is 2.62. The first-order valence-electron chi connectivity index (χ1n) is 4.14. The summed E-state index contributed by atoms with van der Waals surface area (Å²) < 4.78 is 56.7. The first kappa shape index (κ1) is 23.7. The van der Waals surface area contributed by atoms with E-state index < -0.39 is 29.7 Å². The van der Waals surface area contributed by atoms with Crippen molar-refractivity contribution in [1.29, 1.82) is 0 Å². The van der Waals surface area contributed by atoms with E-state index in [0.29, 0.717) is 0 Å². The third-order valence-electron chi connectivity index (χ3n) is 1.27. The molecule has 0 amide bonds. The Kier molecular flexibility index (Phi) is 14.6. The van der Waals surface area contributed by atoms with E-state index in [-0.39, 0.29) is 50.6 Å². The fourth-order valence-electron chi connectivity index (χ4n) is 0.408. The topological polar surface area (TPSA) is 114 Å². The van der Waals surface area contributed by atoms with E-state index in [0.717, 1.165) is 0 Å². The van der Waals surface area contributed by atoms with Gasteiger partial charge in [0.05, 0.1) is 0 Å². The number of hydrogen-bond donors (Lipinski definition) is 0. The molecule has 0 aromatic rings. The molecular formula is C6H12CaCl2O6S2. The van der Waals surface area contributed by atoms with Crippen molar-refractivity contribution >= 4 is 81.2 Å². The molecule has 0 bridgehead atoms. The fourth-order valence-corrected chi connectivity index (χ4v) is 1.22. The SMILES string of the molecule is CCC(Cl)S(=O)(=O)[O-].CCC(Cl)S(=O)(=O)[O-].[Ca+2]. The van der Waals surface area contributed by atoms with Crippen LogP contribution >= 0.6 is 23.2 Å². The van der Waals surface area contributed by atoms with E-state index in [9.17, 15) is 25.9 Å². The molecule has 0 aliphatic heterocycles. The Morgan fingerprint density at radius 3 is 1.06 bits per heavy atom. The molecule has 0 saturated carbocycles. The molecule has 6 nitrogen and oxygen atoms in total. The zero-order valence-corrected chi connectivity index (χ0v) is 14.7. The summed E-state index contributed by atoms with van der Waals surface area (Å²) >= 11 is 10.1. The Morgan fingerprint density at radius 1 is 0.882 bits per heavy atom. The summed E-state index contributed by atoms with van der Waals surface area (Å²) in [6, 6.07) is 0. The van der Waals surface area contributed by atoms with Crippen molar-refractivity contribution in [3.8, 4) is 0 Å². The number of halogens is 2. The largest absolute Gasteiger partial charge is 2.00 e. The monoisotopic (exact) mass is 354 g/mol. The van der Waals surface area contributed by atoms with Crippen LogP contribution in [0.5, 0.6) is 0 Å². The first-order chi connectivity index (χ1) is 6.96. The van der Waals surface area contributed by atoms with Gasteiger partial charge in [-0.05, 0) is 12.8 Å². The Hall–Kier alpha value is 1.66. The van der Waals surface area contributed by atoms with E-state index in [2.05, 4.69) is 0 Å². The number of rotatable bonds is 4. The minimum Gasteiger partial charge on any atom is -0.747 e. The minimum absolute atomic E-state index is 0. The summed E-state index contributed by atoms with van der Waals surface area (Å²) in [6.45, 7) is 3.07. The molecule has 2 unspecified atom stereocenters. The van der Waals surface area contributed by atoms with Gasteiger partial charge in [0.15, 0.2) is 0 Å². The van der Waals surface area contributed by atoms with E-state index in [4.69, 9.17) is 23.2 Å². The van der Waals surface area contributed by atoms with Gasteiger partial charge in [-0.3, -0.25) is 0 Å². The van der Waals surface area contributed by atoms with E-state index >= 15 is 0 Å². The van der Waals surface area contributed by atoms with Gasteiger partial charge in [-0.2, -0.15) is 0 Å². The normalized spacial score (nSPS) is 14.9. The maximum atomic E-state index is 9.87. The fraction of sp³-hybridized carbons (Fsp3) is 1.00. The zero-order valence-electron chi connectivity index (χ0n) is 9.30. The quantitative estimate of drug-likeness (QED) is 0.415. The molecule has 0 aromatic carbocycles. The molecule has 0 saturated heterocycles. The maximum absolute atomic E-state index is 9.87. The van der Waals surface area contributed by atoms with E-state index in [1.165, 1.54) is 13.8 Å². The smallest absolute Gasteiger partial charge is 0.747 e. The zero-order chi connectivity index (χ0) is 13.6. The van der Waals surface area contributed by atoms with Crippen molar-refractivity contribution in [3.63, 3.8) is 0 Å². The molecule has 11 heteroatoms. The predicted octanol–water partition coefficient (Wildman–Crippen LogP) is 0.632. The molecule has 0 aliphatic carbocycles. The minimum atomic E-state index is -4.24. The van der Waals surface area contributed by atoms with E-state index in [1.807, 2.05) is 0 Å². The van der Waals surface area contributed by atoms with Crippen LogP contribution in [0, 0.1) is 0 Å². The first-order valence-corrected chi connectivity index (χ1v) is 7.95. The van der Waals surface area contributed by atoms with Crippen molar-refractivity contribution in [1.82, 2.24) is 0 Å². The third kappa shape index (κ3) is 13.9. The molecule has 0 rings (SSSR count). The van der Waals surface area contributed by atoms with Crippen molar-refractivity contribution in [3.05, 3.63) is 0 Å². The van der Waals surface area contributed by atoms with Crippen LogP contribution in [0.15, 0.2) is 0 Å². The third-order valence-corrected chi connectivity index (χ3v) is 5.11. The summed E-state index contributed by atoms with van der Waals surface area (Å²) in [4.78, 5) is 0. The van der Waals surface area contributed by atoms with Gasteiger partial charge in [0, 0.05) is 0 Å². The van der Waals surface area contributed by atoms with Crippen molar-refractivity contribution in [2.24, 2.45) is 0 Å². The number of alkyl halides is 2. The maximum Gasteiger partial charge on any atom is 2.00 e. The molecule has 0 radical (unpaired) electrons. The van der Waals surface area contributed by atoms with Gasteiger partial charge >= 0.3 is 37.7 Å². The van der Waals surface area contributed by atoms with E-state index in [1.54, 1.807) is 0 Å². The van der Waals surface area contributed by atoms with Gasteiger partial charge in [0.1, 0.15) is 29.7 Å². The molecule has 2 atom stereocenters. The van der Waals surface area contributed by atoms with Crippen LogP contribution in [0.4, 0.5) is 0 Å². The predicted molar refractivity (Wildman–Crippen MR) is 65.0 cm³/mol. The van der Waals surface area contributed by atoms with Crippen LogP contribution in [0.1, 0.15) is 26.7 Å². The standard InChI is InChI=1S/2C3H7ClO3S.Ca/c2*1-2-3(4)8(5,6)7;/h2*3H,2H2,1H3,(H,5,6,7);/q;;+2/p-2. The van der Waals surface area contributed by atoms with Crippen LogP contribution < -0.4 is 0 Å². The van der Waals surface area contributed by atoms with Crippen molar-refractivity contribution < 1.29 is 25.9 Å². The molecule has 100 valence electrons. The van der Waals surface area contributed by atoms with Crippen LogP contribution in [-0.2, 0) is 20.2 Å². The number of hydrogen-bond acceptors (Lipinski definition) is 6. The molecule has 0 N–H and O–H groups in total. The van der Waals surface area contributed by atoms with Crippen LogP contribution in [-0.4, -0.2) is 73.1 Å². The van der Waals surface area contributed by atoms with Crippen LogP contribution in [0.2, 0.25) is 0 Å². The van der Waals surface area contributed by atoms with Gasteiger partial charge in [-0.25, -0.2) is 16.8 Å². The molecular weight excluding hydrogens is 343 g/mol. The summed E-state index contributed by atoms with van der Waals surface area (Å²) in [6.07, 6.45) is 0.320. The van der Waals surface area contributed by atoms with Crippen molar-refractivity contribution in [2.75, 3.05) is 0 Å². The summed E-state index contributed by atoms with van der Waals surface area (Å²) in [5, 5.41) is 0. The molecule has 0 fully saturated rings. The van der Waals surface area contributed by atoms with Crippen LogP contribution in [0.25, 0.3) is 0 Å². The average molecular weight is 355 g/mol. The Morgan fingerprint density at radius 2 is 1.06 bits per heavy atom. The van der Waals surface area contributed by atoms with Gasteiger partial charge < -0.3 is 9.11 Å². The van der Waals surface area contributed by atoms with Crippen molar-refractivity contribution in [2.45, 2.75) is 36.1 Å².